The van der Waals surface area contributed by atoms with Crippen LogP contribution in [0.2, 0.25) is 0 Å². The zero-order valence-corrected chi connectivity index (χ0v) is 33.3. The fourth-order valence-corrected chi connectivity index (χ4v) is 9.89. The second-order valence-electron chi connectivity index (χ2n) is 16.2. The normalized spacial score (nSPS) is 15.3. The lowest BCUT2D eigenvalue weighted by molar-refractivity contribution is 0.603. The Kier molecular flexibility index (Phi) is 8.13. The van der Waals surface area contributed by atoms with Gasteiger partial charge >= 0.3 is 0 Å². The van der Waals surface area contributed by atoms with Crippen LogP contribution in [0.1, 0.15) is 82.0 Å². The summed E-state index contributed by atoms with van der Waals surface area (Å²) in [7, 11) is 0. The van der Waals surface area contributed by atoms with Gasteiger partial charge in [0.25, 0.3) is 0 Å². The van der Waals surface area contributed by atoms with E-state index in [9.17, 15) is 0 Å². The molecule has 6 aromatic carbocycles. The number of furan rings is 1. The van der Waals surface area contributed by atoms with Crippen LogP contribution in [0.3, 0.4) is 0 Å². The van der Waals surface area contributed by atoms with E-state index in [1.807, 2.05) is 0 Å². The molecule has 0 saturated carbocycles. The predicted molar refractivity (Wildman–Crippen MR) is 236 cm³/mol. The van der Waals surface area contributed by atoms with Gasteiger partial charge in [-0.05, 0) is 128 Å². The minimum Gasteiger partial charge on any atom is -0.456 e. The molecule has 7 aromatic rings. The first kappa shape index (κ1) is 34.8. The Balaban J connectivity index is 1.31. The van der Waals surface area contributed by atoms with Crippen LogP contribution in [-0.2, 0) is 10.8 Å². The van der Waals surface area contributed by atoms with Gasteiger partial charge in [0.2, 0.25) is 0 Å². The molecule has 0 saturated heterocycles. The molecule has 0 N–H and O–H groups in total. The van der Waals surface area contributed by atoms with Gasteiger partial charge in [-0.2, -0.15) is 0 Å². The third kappa shape index (κ3) is 5.06. The summed E-state index contributed by atoms with van der Waals surface area (Å²) in [6.07, 6.45) is 8.75. The Morgan fingerprint density at radius 3 is 1.76 bits per heavy atom. The van der Waals surface area contributed by atoms with E-state index in [0.717, 1.165) is 16.7 Å². The van der Waals surface area contributed by atoms with Crippen molar-refractivity contribution < 1.29 is 4.42 Å². The average Bonchev–Trinajstić information content (AvgIpc) is 3.73. The predicted octanol–water partition coefficient (Wildman–Crippen LogP) is 13.6. The molecule has 0 atom stereocenters. The third-order valence-corrected chi connectivity index (χ3v) is 12.5. The van der Waals surface area contributed by atoms with Crippen molar-refractivity contribution in [3.8, 4) is 44.5 Å². The number of hydrogen-bond acceptors (Lipinski definition) is 1. The smallest absolute Gasteiger partial charge is 0.143 e. The summed E-state index contributed by atoms with van der Waals surface area (Å²) in [5.74, 6) is 0.938. The average molecular weight is 713 g/mol. The quantitative estimate of drug-likeness (QED) is 0.178. The van der Waals surface area contributed by atoms with Gasteiger partial charge < -0.3 is 4.42 Å². The first-order valence-electron chi connectivity index (χ1n) is 19.7. The molecule has 0 aliphatic heterocycles. The van der Waals surface area contributed by atoms with Gasteiger partial charge in [-0.3, -0.25) is 0 Å². The van der Waals surface area contributed by atoms with E-state index >= 15 is 0 Å². The Labute approximate surface area is 325 Å². The first-order chi connectivity index (χ1) is 26.6. The third-order valence-electron chi connectivity index (χ3n) is 12.5. The van der Waals surface area contributed by atoms with Crippen molar-refractivity contribution in [1.82, 2.24) is 0 Å². The van der Waals surface area contributed by atoms with Crippen LogP contribution in [0.25, 0.3) is 84.5 Å². The SMILES string of the molecule is CC=c1c(-c2ccc3c(c2)-c2c(c4c(C)c(/C=C\C)oc4c4ccccc24)C3(C)C)ccccccc(-c2ccc3c(c2)C(C)(C)c2ccccc2-3)/c1=C/C. The summed E-state index contributed by atoms with van der Waals surface area (Å²) in [5.41, 5.74) is 17.6. The number of rotatable bonds is 3. The number of aryl methyl sites for hydroxylation is 1. The van der Waals surface area contributed by atoms with Crippen LogP contribution < -0.4 is 10.4 Å². The minimum atomic E-state index is -0.211. The van der Waals surface area contributed by atoms with Gasteiger partial charge in [-0.15, -0.1) is 0 Å². The summed E-state index contributed by atoms with van der Waals surface area (Å²) < 4.78 is 6.66. The summed E-state index contributed by atoms with van der Waals surface area (Å²) in [5, 5.41) is 6.10. The largest absolute Gasteiger partial charge is 0.456 e. The van der Waals surface area contributed by atoms with Crippen LogP contribution in [0.5, 0.6) is 0 Å². The van der Waals surface area contributed by atoms with Crippen LogP contribution in [0.4, 0.5) is 0 Å². The highest BCUT2D eigenvalue weighted by Crippen LogP contribution is 2.56. The maximum Gasteiger partial charge on any atom is 0.143 e. The van der Waals surface area contributed by atoms with Crippen molar-refractivity contribution in [3.05, 3.63) is 171 Å². The monoisotopic (exact) mass is 712 g/mol. The molecule has 1 heterocycles. The lowest BCUT2D eigenvalue weighted by Gasteiger charge is -2.23. The summed E-state index contributed by atoms with van der Waals surface area (Å²) in [4.78, 5) is 0. The number of hydrogen-bond donors (Lipinski definition) is 0. The highest BCUT2D eigenvalue weighted by molar-refractivity contribution is 6.17. The summed E-state index contributed by atoms with van der Waals surface area (Å²) in [6.45, 7) is 18.1. The molecule has 9 rings (SSSR count). The van der Waals surface area contributed by atoms with Crippen LogP contribution in [0.15, 0.2) is 132 Å². The van der Waals surface area contributed by atoms with Gasteiger partial charge in [0.05, 0.1) is 0 Å². The highest BCUT2D eigenvalue weighted by Gasteiger charge is 2.40. The minimum absolute atomic E-state index is 0.0743. The van der Waals surface area contributed by atoms with E-state index in [0.29, 0.717) is 0 Å². The van der Waals surface area contributed by atoms with E-state index in [-0.39, 0.29) is 10.8 Å². The lowest BCUT2D eigenvalue weighted by atomic mass is 9.79. The van der Waals surface area contributed by atoms with E-state index in [4.69, 9.17) is 4.42 Å². The molecule has 2 aliphatic rings. The molecule has 0 amide bonds. The van der Waals surface area contributed by atoms with Gasteiger partial charge in [0, 0.05) is 27.2 Å². The van der Waals surface area contributed by atoms with Gasteiger partial charge in [-0.1, -0.05) is 155 Å². The van der Waals surface area contributed by atoms with Crippen molar-refractivity contribution in [3.63, 3.8) is 0 Å². The molecule has 0 bridgehead atoms. The van der Waals surface area contributed by atoms with Gasteiger partial charge in [0.1, 0.15) is 11.3 Å². The zero-order valence-electron chi connectivity index (χ0n) is 33.3. The maximum absolute atomic E-state index is 6.66. The zero-order chi connectivity index (χ0) is 38.2. The molecule has 1 aromatic heterocycles. The van der Waals surface area contributed by atoms with Crippen molar-refractivity contribution in [1.29, 1.82) is 0 Å². The molecule has 0 fully saturated rings. The van der Waals surface area contributed by atoms with E-state index in [1.165, 1.54) is 93.5 Å². The second-order valence-corrected chi connectivity index (χ2v) is 16.2. The molecule has 55 heavy (non-hydrogen) atoms. The van der Waals surface area contributed by atoms with Gasteiger partial charge in [0.15, 0.2) is 0 Å². The molecule has 270 valence electrons. The first-order valence-corrected chi connectivity index (χ1v) is 19.7. The number of fused-ring (bicyclic) bond motifs is 11. The van der Waals surface area contributed by atoms with Crippen molar-refractivity contribution in [2.75, 3.05) is 0 Å². The van der Waals surface area contributed by atoms with Crippen LogP contribution >= 0.6 is 0 Å². The van der Waals surface area contributed by atoms with Crippen LogP contribution in [0, 0.1) is 6.92 Å². The standard InChI is InChI=1S/C54H48O/c1-9-20-48-33(4)49-51-50(42-24-16-17-25-43(42)52(49)55-48)44-31-34(28-30-46(44)54(51,7)8)38-21-14-12-13-15-22-39(37(11-3)36(38)10-2)35-27-29-41-40-23-18-19-26-45(40)53(5,6)47(41)32-35/h9-32H,1-8H3/b14-12?,15-13?,20-9-,36-10?,37-11+,38-21?,39-22?. The van der Waals surface area contributed by atoms with Crippen molar-refractivity contribution in [2.24, 2.45) is 0 Å². The molecule has 0 spiro atoms. The van der Waals surface area contributed by atoms with Crippen LogP contribution in [-0.4, -0.2) is 0 Å². The Morgan fingerprint density at radius 2 is 1.07 bits per heavy atom. The summed E-state index contributed by atoms with van der Waals surface area (Å²) >= 11 is 0. The van der Waals surface area contributed by atoms with Crippen molar-refractivity contribution >= 4 is 40.0 Å². The Bertz CT molecular complexity index is 2960. The Morgan fingerprint density at radius 1 is 0.509 bits per heavy atom. The lowest BCUT2D eigenvalue weighted by Crippen LogP contribution is -2.27. The summed E-state index contributed by atoms with van der Waals surface area (Å²) in [6, 6.07) is 45.2. The molecule has 1 heteroatoms. The fourth-order valence-electron chi connectivity index (χ4n) is 9.89. The topological polar surface area (TPSA) is 13.1 Å². The molecular weight excluding hydrogens is 665 g/mol. The molecular formula is C54H48O. The van der Waals surface area contributed by atoms with E-state index < -0.39 is 0 Å². The number of benzene rings is 5. The number of allylic oxidation sites excluding steroid dienone is 1. The molecule has 1 nitrogen and oxygen atoms in total. The Hall–Kier alpha value is -5.92. The fraction of sp³-hybridized carbons (Fsp3) is 0.185. The second kappa shape index (κ2) is 12.8. The van der Waals surface area contributed by atoms with Gasteiger partial charge in [-0.25, -0.2) is 0 Å². The maximum atomic E-state index is 6.66. The highest BCUT2D eigenvalue weighted by atomic mass is 16.3. The molecule has 2 aliphatic carbocycles. The molecule has 0 radical (unpaired) electrons. The van der Waals surface area contributed by atoms with E-state index in [1.54, 1.807) is 0 Å². The van der Waals surface area contributed by atoms with Crippen molar-refractivity contribution in [2.45, 2.75) is 66.2 Å². The van der Waals surface area contributed by atoms with E-state index in [2.05, 4.69) is 201 Å². The molecule has 0 unspecified atom stereocenters.